The number of halogens is 3. The quantitative estimate of drug-likeness (QED) is 0.486. The molecule has 0 radical (unpaired) electrons. The summed E-state index contributed by atoms with van der Waals surface area (Å²) in [7, 11) is 0. The van der Waals surface area contributed by atoms with E-state index in [-0.39, 0.29) is 0 Å². The fourth-order valence-corrected chi connectivity index (χ4v) is 1.86. The van der Waals surface area contributed by atoms with Gasteiger partial charge in [-0.3, -0.25) is 4.90 Å². The van der Waals surface area contributed by atoms with Gasteiger partial charge in [-0.25, -0.2) is 0 Å². The molecule has 0 aromatic heterocycles. The van der Waals surface area contributed by atoms with Crippen LogP contribution >= 0.6 is 12.6 Å². The average molecular weight is 257 g/mol. The zero-order valence-corrected chi connectivity index (χ0v) is 10.8. The standard InChI is InChI=1S/C11H22F3NS/c1-2-7-15(10-11(12,13)14)8-5-3-4-6-9-16/h16H,2-10H2,1H3. The van der Waals surface area contributed by atoms with Gasteiger partial charge in [0.25, 0.3) is 0 Å². The number of alkyl halides is 3. The highest BCUT2D eigenvalue weighted by Gasteiger charge is 2.29. The number of unbranched alkanes of at least 4 members (excludes halogenated alkanes) is 3. The summed E-state index contributed by atoms with van der Waals surface area (Å²) in [4.78, 5) is 1.50. The van der Waals surface area contributed by atoms with Gasteiger partial charge in [0, 0.05) is 0 Å². The van der Waals surface area contributed by atoms with Crippen LogP contribution < -0.4 is 0 Å². The van der Waals surface area contributed by atoms with Gasteiger partial charge in [0.15, 0.2) is 0 Å². The molecular weight excluding hydrogens is 235 g/mol. The largest absolute Gasteiger partial charge is 0.401 e. The first-order valence-corrected chi connectivity index (χ1v) is 6.52. The summed E-state index contributed by atoms with van der Waals surface area (Å²) in [6.07, 6.45) is 0.668. The van der Waals surface area contributed by atoms with Crippen molar-refractivity contribution in [1.29, 1.82) is 0 Å². The molecule has 0 amide bonds. The Balaban J connectivity index is 3.68. The second kappa shape index (κ2) is 9.16. The second-order valence-electron chi connectivity index (χ2n) is 4.03. The van der Waals surface area contributed by atoms with E-state index in [1.165, 1.54) is 4.90 Å². The highest BCUT2D eigenvalue weighted by molar-refractivity contribution is 7.80. The zero-order valence-electron chi connectivity index (χ0n) is 9.89. The molecule has 0 heterocycles. The van der Waals surface area contributed by atoms with Crippen LogP contribution in [0.5, 0.6) is 0 Å². The minimum absolute atomic E-state index is 0.534. The summed E-state index contributed by atoms with van der Waals surface area (Å²) >= 11 is 4.09. The van der Waals surface area contributed by atoms with E-state index in [0.29, 0.717) is 13.1 Å². The van der Waals surface area contributed by atoms with Gasteiger partial charge in [-0.2, -0.15) is 25.8 Å². The highest BCUT2D eigenvalue weighted by atomic mass is 32.1. The third-order valence-electron chi connectivity index (χ3n) is 2.33. The molecule has 0 saturated carbocycles. The lowest BCUT2D eigenvalue weighted by Crippen LogP contribution is -2.35. The molecule has 5 heteroatoms. The Kier molecular flexibility index (Phi) is 9.22. The van der Waals surface area contributed by atoms with Gasteiger partial charge in [-0.1, -0.05) is 19.8 Å². The van der Waals surface area contributed by atoms with Gasteiger partial charge in [0.2, 0.25) is 0 Å². The number of nitrogens with zero attached hydrogens (tertiary/aromatic N) is 1. The normalized spacial score (nSPS) is 12.4. The molecule has 0 spiro atoms. The number of rotatable bonds is 9. The predicted molar refractivity (Wildman–Crippen MR) is 65.1 cm³/mol. The molecule has 0 atom stereocenters. The van der Waals surface area contributed by atoms with Gasteiger partial charge < -0.3 is 0 Å². The first kappa shape index (κ1) is 16.1. The van der Waals surface area contributed by atoms with E-state index in [2.05, 4.69) is 12.6 Å². The summed E-state index contributed by atoms with van der Waals surface area (Å²) in [6, 6.07) is 0. The average Bonchev–Trinajstić information content (AvgIpc) is 2.15. The number of hydrogen-bond donors (Lipinski definition) is 1. The minimum atomic E-state index is -4.07. The third kappa shape index (κ3) is 10.6. The fraction of sp³-hybridized carbons (Fsp3) is 1.00. The highest BCUT2D eigenvalue weighted by Crippen LogP contribution is 2.17. The molecule has 0 saturated heterocycles. The van der Waals surface area contributed by atoms with Gasteiger partial charge in [0.05, 0.1) is 6.54 Å². The molecule has 98 valence electrons. The van der Waals surface area contributed by atoms with Gasteiger partial charge in [-0.15, -0.1) is 0 Å². The van der Waals surface area contributed by atoms with Gasteiger partial charge in [0.1, 0.15) is 0 Å². The lowest BCUT2D eigenvalue weighted by atomic mass is 10.2. The van der Waals surface area contributed by atoms with Crippen molar-refractivity contribution in [3.05, 3.63) is 0 Å². The first-order chi connectivity index (χ1) is 7.49. The second-order valence-corrected chi connectivity index (χ2v) is 4.48. The van der Waals surface area contributed by atoms with E-state index in [1.807, 2.05) is 6.92 Å². The van der Waals surface area contributed by atoms with Gasteiger partial charge >= 0.3 is 6.18 Å². The lowest BCUT2D eigenvalue weighted by Gasteiger charge is -2.22. The Morgan fingerprint density at radius 2 is 1.62 bits per heavy atom. The molecule has 0 aromatic carbocycles. The molecule has 0 aromatic rings. The summed E-state index contributed by atoms with van der Waals surface area (Å²) in [5, 5.41) is 0. The van der Waals surface area contributed by atoms with E-state index in [0.717, 1.165) is 37.9 Å². The Bertz CT molecular complexity index is 162. The van der Waals surface area contributed by atoms with Crippen LogP contribution in [0.2, 0.25) is 0 Å². The Labute approximate surface area is 102 Å². The molecule has 0 N–H and O–H groups in total. The zero-order chi connectivity index (χ0) is 12.4. The van der Waals surface area contributed by atoms with Crippen molar-refractivity contribution in [2.24, 2.45) is 0 Å². The maximum absolute atomic E-state index is 12.2. The maximum atomic E-state index is 12.2. The number of thiol groups is 1. The monoisotopic (exact) mass is 257 g/mol. The fourth-order valence-electron chi connectivity index (χ4n) is 1.64. The van der Waals surface area contributed by atoms with E-state index in [4.69, 9.17) is 0 Å². The molecular formula is C11H22F3NS. The molecule has 0 aliphatic rings. The van der Waals surface area contributed by atoms with Gasteiger partial charge in [-0.05, 0) is 38.1 Å². The molecule has 0 unspecified atom stereocenters. The molecule has 0 aliphatic carbocycles. The van der Waals surface area contributed by atoms with Crippen LogP contribution in [0.15, 0.2) is 0 Å². The topological polar surface area (TPSA) is 3.24 Å². The van der Waals surface area contributed by atoms with Crippen LogP contribution in [-0.4, -0.2) is 36.5 Å². The van der Waals surface area contributed by atoms with Crippen LogP contribution in [0, 0.1) is 0 Å². The maximum Gasteiger partial charge on any atom is 0.401 e. The van der Waals surface area contributed by atoms with Crippen LogP contribution in [0.3, 0.4) is 0 Å². The van der Waals surface area contributed by atoms with Crippen molar-refractivity contribution in [3.8, 4) is 0 Å². The smallest absolute Gasteiger partial charge is 0.295 e. The number of hydrogen-bond acceptors (Lipinski definition) is 2. The summed E-state index contributed by atoms with van der Waals surface area (Å²) in [5.74, 6) is 0.862. The van der Waals surface area contributed by atoms with Crippen molar-refractivity contribution in [2.45, 2.75) is 45.2 Å². The van der Waals surface area contributed by atoms with Crippen molar-refractivity contribution in [3.63, 3.8) is 0 Å². The van der Waals surface area contributed by atoms with Crippen LogP contribution in [-0.2, 0) is 0 Å². The SMILES string of the molecule is CCCN(CCCCCCS)CC(F)(F)F. The minimum Gasteiger partial charge on any atom is -0.295 e. The van der Waals surface area contributed by atoms with Crippen LogP contribution in [0.25, 0.3) is 0 Å². The summed E-state index contributed by atoms with van der Waals surface area (Å²) in [5.41, 5.74) is 0. The summed E-state index contributed by atoms with van der Waals surface area (Å²) < 4.78 is 36.6. The molecule has 1 nitrogen and oxygen atoms in total. The van der Waals surface area contributed by atoms with Crippen LogP contribution in [0.1, 0.15) is 39.0 Å². The predicted octanol–water partition coefficient (Wildman–Crippen LogP) is 3.75. The van der Waals surface area contributed by atoms with E-state index >= 15 is 0 Å². The molecule has 0 fully saturated rings. The third-order valence-corrected chi connectivity index (χ3v) is 2.64. The lowest BCUT2D eigenvalue weighted by molar-refractivity contribution is -0.146. The first-order valence-electron chi connectivity index (χ1n) is 5.89. The Morgan fingerprint density at radius 1 is 1.00 bits per heavy atom. The van der Waals surface area contributed by atoms with E-state index in [9.17, 15) is 13.2 Å². The Morgan fingerprint density at radius 3 is 2.12 bits per heavy atom. The van der Waals surface area contributed by atoms with Crippen molar-refractivity contribution in [2.75, 3.05) is 25.4 Å². The van der Waals surface area contributed by atoms with E-state index < -0.39 is 12.7 Å². The Hall–Kier alpha value is 0.100. The van der Waals surface area contributed by atoms with Crippen molar-refractivity contribution >= 4 is 12.6 Å². The van der Waals surface area contributed by atoms with E-state index in [1.54, 1.807) is 0 Å². The molecule has 0 bridgehead atoms. The molecule has 0 rings (SSSR count). The molecule has 0 aliphatic heterocycles. The van der Waals surface area contributed by atoms with Crippen molar-refractivity contribution in [1.82, 2.24) is 4.90 Å². The van der Waals surface area contributed by atoms with Crippen LogP contribution in [0.4, 0.5) is 13.2 Å². The summed E-state index contributed by atoms with van der Waals surface area (Å²) in [6.45, 7) is 2.23. The van der Waals surface area contributed by atoms with Crippen molar-refractivity contribution < 1.29 is 13.2 Å². The molecule has 16 heavy (non-hydrogen) atoms.